The molecule has 0 saturated heterocycles. The SMILES string of the molecule is CCOC(=O)C(C)(Cc1ccc(C(=O)C(C)(C)C)cc1Br)C(=O)OCC. The van der Waals surface area contributed by atoms with E-state index in [1.54, 1.807) is 32.0 Å². The van der Waals surface area contributed by atoms with Gasteiger partial charge in [0.1, 0.15) is 0 Å². The summed E-state index contributed by atoms with van der Waals surface area (Å²) in [4.78, 5) is 37.3. The van der Waals surface area contributed by atoms with E-state index in [-0.39, 0.29) is 25.4 Å². The summed E-state index contributed by atoms with van der Waals surface area (Å²) >= 11 is 3.45. The van der Waals surface area contributed by atoms with Crippen LogP contribution in [0, 0.1) is 10.8 Å². The summed E-state index contributed by atoms with van der Waals surface area (Å²) in [6, 6.07) is 5.18. The molecule has 0 aliphatic rings. The molecule has 6 heteroatoms. The maximum absolute atomic E-state index is 12.4. The Kier molecular flexibility index (Phi) is 7.57. The van der Waals surface area contributed by atoms with Crippen molar-refractivity contribution in [2.75, 3.05) is 13.2 Å². The molecule has 0 amide bonds. The Morgan fingerprint density at radius 1 is 0.962 bits per heavy atom. The van der Waals surface area contributed by atoms with Gasteiger partial charge in [-0.25, -0.2) is 0 Å². The first kappa shape index (κ1) is 22.4. The molecule has 0 aliphatic carbocycles. The van der Waals surface area contributed by atoms with Crippen LogP contribution in [0.25, 0.3) is 0 Å². The molecule has 1 aromatic rings. The van der Waals surface area contributed by atoms with Crippen LogP contribution in [-0.2, 0) is 25.5 Å². The van der Waals surface area contributed by atoms with Crippen LogP contribution in [0.4, 0.5) is 0 Å². The quantitative estimate of drug-likeness (QED) is 0.368. The normalized spacial score (nSPS) is 11.8. The highest BCUT2D eigenvalue weighted by Gasteiger charge is 2.44. The second-order valence-electron chi connectivity index (χ2n) is 7.34. The second kappa shape index (κ2) is 8.80. The van der Waals surface area contributed by atoms with Crippen molar-refractivity contribution in [2.24, 2.45) is 10.8 Å². The molecule has 0 fully saturated rings. The highest BCUT2D eigenvalue weighted by atomic mass is 79.9. The predicted octanol–water partition coefficient (Wildman–Crippen LogP) is 4.35. The number of esters is 2. The van der Waals surface area contributed by atoms with Crippen LogP contribution in [0.2, 0.25) is 0 Å². The smallest absolute Gasteiger partial charge is 0.323 e. The minimum atomic E-state index is -1.45. The van der Waals surface area contributed by atoms with Crippen LogP contribution in [0.15, 0.2) is 22.7 Å². The molecule has 0 spiro atoms. The standard InChI is InChI=1S/C20H27BrO5/c1-7-25-17(23)20(6,18(24)26-8-2)12-14-10-9-13(11-15(14)21)16(22)19(3,4)5/h9-11H,7-8,12H2,1-6H3. The van der Waals surface area contributed by atoms with Crippen molar-refractivity contribution in [1.82, 2.24) is 0 Å². The summed E-state index contributed by atoms with van der Waals surface area (Å²) in [6.45, 7) is 10.8. The molecular formula is C20H27BrO5. The third kappa shape index (κ3) is 5.16. The number of ketones is 1. The molecule has 1 rings (SSSR count). The lowest BCUT2D eigenvalue weighted by atomic mass is 9.82. The van der Waals surface area contributed by atoms with Gasteiger partial charge in [0.25, 0.3) is 0 Å². The third-order valence-electron chi connectivity index (χ3n) is 3.99. The third-order valence-corrected chi connectivity index (χ3v) is 4.73. The predicted molar refractivity (Wildman–Crippen MR) is 103 cm³/mol. The Morgan fingerprint density at radius 3 is 1.85 bits per heavy atom. The molecule has 1 aromatic carbocycles. The first-order valence-electron chi connectivity index (χ1n) is 8.65. The van der Waals surface area contributed by atoms with Crippen molar-refractivity contribution >= 4 is 33.7 Å². The fourth-order valence-electron chi connectivity index (χ4n) is 2.45. The van der Waals surface area contributed by atoms with Gasteiger partial charge in [0.15, 0.2) is 11.2 Å². The summed E-state index contributed by atoms with van der Waals surface area (Å²) in [5.41, 5.74) is -0.656. The monoisotopic (exact) mass is 426 g/mol. The number of ether oxygens (including phenoxy) is 2. The Labute approximate surface area is 163 Å². The van der Waals surface area contributed by atoms with E-state index in [0.29, 0.717) is 10.0 Å². The van der Waals surface area contributed by atoms with Crippen molar-refractivity contribution in [3.05, 3.63) is 33.8 Å². The van der Waals surface area contributed by atoms with Gasteiger partial charge < -0.3 is 9.47 Å². The van der Waals surface area contributed by atoms with Crippen molar-refractivity contribution in [1.29, 1.82) is 0 Å². The van der Waals surface area contributed by atoms with Gasteiger partial charge in [-0.1, -0.05) is 48.8 Å². The second-order valence-corrected chi connectivity index (χ2v) is 8.19. The van der Waals surface area contributed by atoms with Crippen LogP contribution in [0.5, 0.6) is 0 Å². The molecule has 144 valence electrons. The van der Waals surface area contributed by atoms with E-state index < -0.39 is 22.8 Å². The van der Waals surface area contributed by atoms with Gasteiger partial charge in [-0.15, -0.1) is 0 Å². The number of rotatable bonds is 7. The van der Waals surface area contributed by atoms with Crippen LogP contribution >= 0.6 is 15.9 Å². The molecule has 0 unspecified atom stereocenters. The molecule has 0 radical (unpaired) electrons. The summed E-state index contributed by atoms with van der Waals surface area (Å²) in [6.07, 6.45) is 0.106. The number of carbonyl (C=O) groups is 3. The van der Waals surface area contributed by atoms with E-state index in [1.165, 1.54) is 6.92 Å². The lowest BCUT2D eigenvalue weighted by molar-refractivity contribution is -0.170. The molecular weight excluding hydrogens is 400 g/mol. The Hall–Kier alpha value is -1.69. The number of benzene rings is 1. The first-order chi connectivity index (χ1) is 12.0. The molecule has 0 heterocycles. The Balaban J connectivity index is 3.22. The van der Waals surface area contributed by atoms with Gasteiger partial charge in [0.2, 0.25) is 0 Å². The van der Waals surface area contributed by atoms with E-state index in [4.69, 9.17) is 9.47 Å². The number of hydrogen-bond acceptors (Lipinski definition) is 5. The van der Waals surface area contributed by atoms with E-state index in [0.717, 1.165) is 5.56 Å². The summed E-state index contributed by atoms with van der Waals surface area (Å²) in [5, 5.41) is 0. The maximum atomic E-state index is 12.4. The molecule has 0 bridgehead atoms. The van der Waals surface area contributed by atoms with Crippen molar-refractivity contribution in [3.8, 4) is 0 Å². The zero-order chi connectivity index (χ0) is 20.1. The molecule has 0 saturated carbocycles. The number of halogens is 1. The molecule has 0 aromatic heterocycles. The summed E-state index contributed by atoms with van der Waals surface area (Å²) in [7, 11) is 0. The van der Waals surface area contributed by atoms with Crippen LogP contribution in [-0.4, -0.2) is 30.9 Å². The van der Waals surface area contributed by atoms with E-state index in [1.807, 2.05) is 20.8 Å². The van der Waals surface area contributed by atoms with Crippen molar-refractivity contribution < 1.29 is 23.9 Å². The van der Waals surface area contributed by atoms with E-state index in [2.05, 4.69) is 15.9 Å². The summed E-state index contributed by atoms with van der Waals surface area (Å²) in [5.74, 6) is -1.23. The molecule has 26 heavy (non-hydrogen) atoms. The highest BCUT2D eigenvalue weighted by Crippen LogP contribution is 2.32. The van der Waals surface area contributed by atoms with Gasteiger partial charge in [-0.3, -0.25) is 14.4 Å². The Morgan fingerprint density at radius 2 is 1.46 bits per heavy atom. The van der Waals surface area contributed by atoms with Gasteiger partial charge in [-0.2, -0.15) is 0 Å². The minimum absolute atomic E-state index is 0.0169. The van der Waals surface area contributed by atoms with Crippen LogP contribution in [0.1, 0.15) is 57.5 Å². The fourth-order valence-corrected chi connectivity index (χ4v) is 2.97. The Bertz CT molecular complexity index is 670. The van der Waals surface area contributed by atoms with E-state index in [9.17, 15) is 14.4 Å². The number of carbonyl (C=O) groups excluding carboxylic acids is 3. The largest absolute Gasteiger partial charge is 0.465 e. The van der Waals surface area contributed by atoms with Gasteiger partial charge in [0, 0.05) is 21.9 Å². The van der Waals surface area contributed by atoms with Crippen molar-refractivity contribution in [3.63, 3.8) is 0 Å². The zero-order valence-corrected chi connectivity index (χ0v) is 17.9. The average Bonchev–Trinajstić information content (AvgIpc) is 2.55. The summed E-state index contributed by atoms with van der Waals surface area (Å²) < 4.78 is 10.8. The number of Topliss-reactive ketones (excluding diaryl/α,β-unsaturated/α-hetero) is 1. The van der Waals surface area contributed by atoms with Gasteiger partial charge in [-0.05, 0) is 32.4 Å². The van der Waals surface area contributed by atoms with Crippen molar-refractivity contribution in [2.45, 2.75) is 48.0 Å². The lowest BCUT2D eigenvalue weighted by Gasteiger charge is -2.25. The molecule has 0 aliphatic heterocycles. The van der Waals surface area contributed by atoms with E-state index >= 15 is 0 Å². The highest BCUT2D eigenvalue weighted by molar-refractivity contribution is 9.10. The molecule has 0 N–H and O–H groups in total. The molecule has 5 nitrogen and oxygen atoms in total. The van der Waals surface area contributed by atoms with Gasteiger partial charge >= 0.3 is 11.9 Å². The van der Waals surface area contributed by atoms with Crippen LogP contribution in [0.3, 0.4) is 0 Å². The van der Waals surface area contributed by atoms with Gasteiger partial charge in [0.05, 0.1) is 13.2 Å². The minimum Gasteiger partial charge on any atom is -0.465 e. The molecule has 0 atom stereocenters. The fraction of sp³-hybridized carbons (Fsp3) is 0.550. The zero-order valence-electron chi connectivity index (χ0n) is 16.3. The lowest BCUT2D eigenvalue weighted by Crippen LogP contribution is -2.41. The average molecular weight is 427 g/mol. The first-order valence-corrected chi connectivity index (χ1v) is 9.44. The topological polar surface area (TPSA) is 69.7 Å². The number of hydrogen-bond donors (Lipinski definition) is 0. The van der Waals surface area contributed by atoms with Crippen LogP contribution < -0.4 is 0 Å². The maximum Gasteiger partial charge on any atom is 0.323 e.